The SMILES string of the molecule is COCCN(CC1CCCN1)c1c(Cl)cccc1[N+](=O)[O-]. The molecule has 0 amide bonds. The van der Waals surface area contributed by atoms with Crippen LogP contribution >= 0.6 is 11.6 Å². The number of rotatable bonds is 7. The summed E-state index contributed by atoms with van der Waals surface area (Å²) in [6, 6.07) is 5.11. The Hall–Kier alpha value is -1.37. The first-order chi connectivity index (χ1) is 10.1. The van der Waals surface area contributed by atoms with Crippen LogP contribution in [0, 0.1) is 10.1 Å². The second-order valence-corrected chi connectivity index (χ2v) is 5.50. The third-order valence-electron chi connectivity index (χ3n) is 3.65. The number of para-hydroxylation sites is 1. The molecule has 1 aliphatic rings. The number of nitrogens with zero attached hydrogens (tertiary/aromatic N) is 2. The molecule has 1 fully saturated rings. The molecule has 6 nitrogen and oxygen atoms in total. The van der Waals surface area contributed by atoms with Crippen LogP contribution in [-0.4, -0.2) is 44.3 Å². The topological polar surface area (TPSA) is 67.6 Å². The van der Waals surface area contributed by atoms with Gasteiger partial charge in [-0.25, -0.2) is 0 Å². The van der Waals surface area contributed by atoms with Crippen molar-refractivity contribution in [3.05, 3.63) is 33.3 Å². The van der Waals surface area contributed by atoms with Crippen molar-refractivity contribution in [2.45, 2.75) is 18.9 Å². The number of halogens is 1. The largest absolute Gasteiger partial charge is 0.383 e. The molecule has 1 aromatic carbocycles. The predicted molar refractivity (Wildman–Crippen MR) is 83.2 cm³/mol. The number of nitrogens with one attached hydrogen (secondary N) is 1. The fourth-order valence-electron chi connectivity index (χ4n) is 2.64. The summed E-state index contributed by atoms with van der Waals surface area (Å²) >= 11 is 6.23. The Bertz CT molecular complexity index is 492. The van der Waals surface area contributed by atoms with Crippen LogP contribution in [0.2, 0.25) is 5.02 Å². The maximum atomic E-state index is 11.3. The van der Waals surface area contributed by atoms with Crippen molar-refractivity contribution >= 4 is 23.0 Å². The molecule has 1 aliphatic heterocycles. The molecule has 7 heteroatoms. The van der Waals surface area contributed by atoms with Gasteiger partial charge in [-0.05, 0) is 25.5 Å². The molecular formula is C14H20ClN3O3. The molecule has 1 unspecified atom stereocenters. The van der Waals surface area contributed by atoms with Gasteiger partial charge in [0.15, 0.2) is 0 Å². The molecule has 1 heterocycles. The molecule has 21 heavy (non-hydrogen) atoms. The lowest BCUT2D eigenvalue weighted by molar-refractivity contribution is -0.384. The van der Waals surface area contributed by atoms with Gasteiger partial charge in [0, 0.05) is 32.3 Å². The molecule has 0 aliphatic carbocycles. The highest BCUT2D eigenvalue weighted by Gasteiger charge is 2.25. The second kappa shape index (κ2) is 7.59. The van der Waals surface area contributed by atoms with E-state index >= 15 is 0 Å². The van der Waals surface area contributed by atoms with Gasteiger partial charge < -0.3 is 15.0 Å². The van der Waals surface area contributed by atoms with E-state index < -0.39 is 0 Å². The number of benzene rings is 1. The Kier molecular flexibility index (Phi) is 5.78. The summed E-state index contributed by atoms with van der Waals surface area (Å²) in [5.41, 5.74) is 0.520. The number of ether oxygens (including phenoxy) is 1. The highest BCUT2D eigenvalue weighted by atomic mass is 35.5. The number of nitro benzene ring substituents is 1. The maximum absolute atomic E-state index is 11.3. The van der Waals surface area contributed by atoms with Gasteiger partial charge in [-0.15, -0.1) is 0 Å². The predicted octanol–water partition coefficient (Wildman–Crippen LogP) is 2.45. The maximum Gasteiger partial charge on any atom is 0.294 e. The quantitative estimate of drug-likeness (QED) is 0.618. The molecular weight excluding hydrogens is 294 g/mol. The summed E-state index contributed by atoms with van der Waals surface area (Å²) in [7, 11) is 1.62. The van der Waals surface area contributed by atoms with E-state index in [1.54, 1.807) is 19.2 Å². The van der Waals surface area contributed by atoms with Gasteiger partial charge in [0.05, 0.1) is 16.6 Å². The molecule has 1 atom stereocenters. The molecule has 1 saturated heterocycles. The standard InChI is InChI=1S/C14H20ClN3O3/c1-21-9-8-17(10-11-4-3-7-16-11)14-12(15)5-2-6-13(14)18(19)20/h2,5-6,11,16H,3-4,7-10H2,1H3. The third-order valence-corrected chi connectivity index (χ3v) is 3.95. The molecule has 0 saturated carbocycles. The zero-order valence-corrected chi connectivity index (χ0v) is 12.8. The molecule has 1 N–H and O–H groups in total. The molecule has 116 valence electrons. The highest BCUT2D eigenvalue weighted by molar-refractivity contribution is 6.33. The van der Waals surface area contributed by atoms with E-state index in [2.05, 4.69) is 5.32 Å². The third kappa shape index (κ3) is 4.06. The summed E-state index contributed by atoms with van der Waals surface area (Å²) in [4.78, 5) is 12.8. The lowest BCUT2D eigenvalue weighted by Gasteiger charge is -2.28. The van der Waals surface area contributed by atoms with Crippen LogP contribution in [0.25, 0.3) is 0 Å². The van der Waals surface area contributed by atoms with E-state index in [4.69, 9.17) is 16.3 Å². The first-order valence-corrected chi connectivity index (χ1v) is 7.41. The minimum absolute atomic E-state index is 0.0385. The van der Waals surface area contributed by atoms with Gasteiger partial charge in [0.25, 0.3) is 5.69 Å². The number of nitro groups is 1. The van der Waals surface area contributed by atoms with Crippen LogP contribution in [0.3, 0.4) is 0 Å². The van der Waals surface area contributed by atoms with Crippen LogP contribution in [0.4, 0.5) is 11.4 Å². The summed E-state index contributed by atoms with van der Waals surface area (Å²) in [5, 5.41) is 15.1. The molecule has 1 aromatic rings. The minimum Gasteiger partial charge on any atom is -0.383 e. The summed E-state index contributed by atoms with van der Waals surface area (Å²) in [6.07, 6.45) is 2.20. The Labute approximate surface area is 129 Å². The van der Waals surface area contributed by atoms with Crippen molar-refractivity contribution in [3.63, 3.8) is 0 Å². The average molecular weight is 314 g/mol. The number of hydrogen-bond acceptors (Lipinski definition) is 5. The van der Waals surface area contributed by atoms with Crippen LogP contribution < -0.4 is 10.2 Å². The van der Waals surface area contributed by atoms with Gasteiger partial charge >= 0.3 is 0 Å². The summed E-state index contributed by atoms with van der Waals surface area (Å²) < 4.78 is 5.12. The van der Waals surface area contributed by atoms with E-state index in [0.29, 0.717) is 36.4 Å². The van der Waals surface area contributed by atoms with E-state index in [-0.39, 0.29) is 10.6 Å². The van der Waals surface area contributed by atoms with Crippen molar-refractivity contribution in [1.82, 2.24) is 5.32 Å². The summed E-state index contributed by atoms with van der Waals surface area (Å²) in [5.74, 6) is 0. The van der Waals surface area contributed by atoms with E-state index in [9.17, 15) is 10.1 Å². The number of hydrogen-bond donors (Lipinski definition) is 1. The van der Waals surface area contributed by atoms with Gasteiger partial charge in [0.2, 0.25) is 0 Å². The second-order valence-electron chi connectivity index (χ2n) is 5.10. The normalized spacial score (nSPS) is 17.9. The van der Waals surface area contributed by atoms with Crippen LogP contribution in [0.15, 0.2) is 18.2 Å². The Morgan fingerprint density at radius 1 is 1.57 bits per heavy atom. The Morgan fingerprint density at radius 3 is 3.00 bits per heavy atom. The molecule has 0 aromatic heterocycles. The van der Waals surface area contributed by atoms with E-state index in [1.807, 2.05) is 4.90 Å². The Balaban J connectivity index is 2.28. The van der Waals surface area contributed by atoms with Gasteiger partial charge in [-0.2, -0.15) is 0 Å². The first kappa shape index (κ1) is 16.0. The molecule has 0 spiro atoms. The molecule has 0 radical (unpaired) electrons. The molecule has 2 rings (SSSR count). The zero-order chi connectivity index (χ0) is 15.2. The van der Waals surface area contributed by atoms with Crippen molar-refractivity contribution in [1.29, 1.82) is 0 Å². The molecule has 0 bridgehead atoms. The lowest BCUT2D eigenvalue weighted by atomic mass is 10.2. The van der Waals surface area contributed by atoms with Crippen molar-refractivity contribution < 1.29 is 9.66 Å². The van der Waals surface area contributed by atoms with Crippen LogP contribution in [0.1, 0.15) is 12.8 Å². The Morgan fingerprint density at radius 2 is 2.38 bits per heavy atom. The average Bonchev–Trinajstić information content (AvgIpc) is 2.96. The monoisotopic (exact) mass is 313 g/mol. The van der Waals surface area contributed by atoms with Crippen molar-refractivity contribution in [2.24, 2.45) is 0 Å². The van der Waals surface area contributed by atoms with Gasteiger partial charge in [-0.1, -0.05) is 17.7 Å². The lowest BCUT2D eigenvalue weighted by Crippen LogP contribution is -2.39. The first-order valence-electron chi connectivity index (χ1n) is 7.03. The number of anilines is 1. The minimum atomic E-state index is -0.386. The zero-order valence-electron chi connectivity index (χ0n) is 12.0. The summed E-state index contributed by atoms with van der Waals surface area (Å²) in [6.45, 7) is 2.75. The van der Waals surface area contributed by atoms with Crippen LogP contribution in [0.5, 0.6) is 0 Å². The van der Waals surface area contributed by atoms with Crippen LogP contribution in [-0.2, 0) is 4.74 Å². The fraction of sp³-hybridized carbons (Fsp3) is 0.571. The smallest absolute Gasteiger partial charge is 0.294 e. The van der Waals surface area contributed by atoms with E-state index in [1.165, 1.54) is 6.07 Å². The van der Waals surface area contributed by atoms with Gasteiger partial charge in [-0.3, -0.25) is 10.1 Å². The number of methoxy groups -OCH3 is 1. The van der Waals surface area contributed by atoms with Crippen molar-refractivity contribution in [2.75, 3.05) is 38.3 Å². The van der Waals surface area contributed by atoms with Crippen molar-refractivity contribution in [3.8, 4) is 0 Å². The van der Waals surface area contributed by atoms with E-state index in [0.717, 1.165) is 19.4 Å². The highest BCUT2D eigenvalue weighted by Crippen LogP contribution is 2.35. The fourth-order valence-corrected chi connectivity index (χ4v) is 2.93. The van der Waals surface area contributed by atoms with Gasteiger partial charge in [0.1, 0.15) is 5.69 Å².